The number of rotatable bonds is 5. The highest BCUT2D eigenvalue weighted by atomic mass is 32.2. The number of sulfonamides is 1. The van der Waals surface area contributed by atoms with Crippen LogP contribution in [0.4, 0.5) is 0 Å². The molecular weight excluding hydrogens is 296 g/mol. The van der Waals surface area contributed by atoms with Crippen LogP contribution in [-0.4, -0.2) is 15.0 Å². The second-order valence-electron chi connectivity index (χ2n) is 5.61. The third kappa shape index (κ3) is 2.89. The highest BCUT2D eigenvalue weighted by Gasteiger charge is 2.44. The Bertz CT molecular complexity index is 802. The lowest BCUT2D eigenvalue weighted by atomic mass is 9.96. The predicted octanol–water partition coefficient (Wildman–Crippen LogP) is 2.57. The molecule has 2 aromatic carbocycles. The van der Waals surface area contributed by atoms with Crippen LogP contribution in [0.3, 0.4) is 0 Å². The van der Waals surface area contributed by atoms with Crippen LogP contribution in [0.1, 0.15) is 24.0 Å². The fraction of sp³-hybridized carbons (Fsp3) is 0.235. The minimum absolute atomic E-state index is 0.0685. The smallest absolute Gasteiger partial charge is 0.210 e. The molecule has 0 amide bonds. The summed E-state index contributed by atoms with van der Waals surface area (Å²) in [5.74, 6) is 0. The van der Waals surface area contributed by atoms with Crippen LogP contribution in [0, 0.1) is 11.3 Å². The van der Waals surface area contributed by atoms with Crippen molar-refractivity contribution in [1.82, 2.24) is 4.72 Å². The Kier molecular flexibility index (Phi) is 3.73. The van der Waals surface area contributed by atoms with Gasteiger partial charge in [0.05, 0.1) is 16.5 Å². The van der Waals surface area contributed by atoms with Gasteiger partial charge in [-0.05, 0) is 42.7 Å². The Morgan fingerprint density at radius 1 is 1.05 bits per heavy atom. The van der Waals surface area contributed by atoms with E-state index in [2.05, 4.69) is 4.72 Å². The van der Waals surface area contributed by atoms with E-state index in [1.165, 1.54) is 29.8 Å². The van der Waals surface area contributed by atoms with Gasteiger partial charge in [-0.1, -0.05) is 30.3 Å². The highest BCUT2D eigenvalue weighted by Crippen LogP contribution is 2.47. The molecule has 0 saturated heterocycles. The van der Waals surface area contributed by atoms with Crippen molar-refractivity contribution in [3.05, 3.63) is 65.7 Å². The van der Waals surface area contributed by atoms with Crippen molar-refractivity contribution in [2.75, 3.05) is 6.54 Å². The summed E-state index contributed by atoms with van der Waals surface area (Å²) >= 11 is 0. The van der Waals surface area contributed by atoms with Gasteiger partial charge >= 0.3 is 0 Å². The van der Waals surface area contributed by atoms with Crippen molar-refractivity contribution in [2.45, 2.75) is 23.2 Å². The zero-order chi connectivity index (χ0) is 15.6. The molecule has 5 heteroatoms. The van der Waals surface area contributed by atoms with Gasteiger partial charge in [0, 0.05) is 12.0 Å². The summed E-state index contributed by atoms with van der Waals surface area (Å²) in [6, 6.07) is 17.9. The predicted molar refractivity (Wildman–Crippen MR) is 83.7 cm³/mol. The Morgan fingerprint density at radius 3 is 2.23 bits per heavy atom. The molecular formula is C17H16N2O2S. The summed E-state index contributed by atoms with van der Waals surface area (Å²) in [6.45, 7) is 0.402. The molecule has 0 aliphatic heterocycles. The lowest BCUT2D eigenvalue weighted by molar-refractivity contribution is 0.567. The van der Waals surface area contributed by atoms with Crippen molar-refractivity contribution >= 4 is 10.0 Å². The number of benzene rings is 2. The first kappa shape index (κ1) is 14.8. The summed E-state index contributed by atoms with van der Waals surface area (Å²) in [6.07, 6.45) is 1.99. The molecule has 1 N–H and O–H groups in total. The second kappa shape index (κ2) is 5.56. The average molecular weight is 312 g/mol. The maximum absolute atomic E-state index is 12.3. The van der Waals surface area contributed by atoms with Crippen molar-refractivity contribution in [2.24, 2.45) is 0 Å². The standard InChI is InChI=1S/C17H16N2O2S/c18-12-14-6-8-16(9-7-14)22(20,21)19-13-17(10-11-17)15-4-2-1-3-5-15/h1-9,19H,10-11,13H2. The quantitative estimate of drug-likeness (QED) is 0.922. The molecule has 2 aromatic rings. The Hall–Kier alpha value is -2.16. The molecule has 22 heavy (non-hydrogen) atoms. The van der Waals surface area contributed by atoms with E-state index in [0.29, 0.717) is 12.1 Å². The molecule has 0 heterocycles. The van der Waals surface area contributed by atoms with Gasteiger partial charge in [-0.15, -0.1) is 0 Å². The van der Waals surface area contributed by atoms with E-state index in [4.69, 9.17) is 5.26 Å². The summed E-state index contributed by atoms with van der Waals surface area (Å²) in [5, 5.41) is 8.76. The first-order valence-corrected chi connectivity index (χ1v) is 8.59. The van der Waals surface area contributed by atoms with E-state index in [-0.39, 0.29) is 10.3 Å². The Balaban J connectivity index is 1.74. The molecule has 112 valence electrons. The van der Waals surface area contributed by atoms with E-state index in [1.54, 1.807) is 0 Å². The van der Waals surface area contributed by atoms with E-state index < -0.39 is 10.0 Å². The normalized spacial score (nSPS) is 16.0. The number of nitrogens with one attached hydrogen (secondary N) is 1. The topological polar surface area (TPSA) is 70.0 Å². The summed E-state index contributed by atoms with van der Waals surface area (Å²) in [7, 11) is -3.55. The highest BCUT2D eigenvalue weighted by molar-refractivity contribution is 7.89. The Morgan fingerprint density at radius 2 is 1.68 bits per heavy atom. The fourth-order valence-electron chi connectivity index (χ4n) is 2.54. The zero-order valence-electron chi connectivity index (χ0n) is 12.0. The van der Waals surface area contributed by atoms with Gasteiger partial charge in [-0.25, -0.2) is 13.1 Å². The molecule has 0 bridgehead atoms. The third-order valence-corrected chi connectivity index (χ3v) is 5.55. The van der Waals surface area contributed by atoms with Crippen LogP contribution in [0.5, 0.6) is 0 Å². The van der Waals surface area contributed by atoms with Crippen molar-refractivity contribution in [3.63, 3.8) is 0 Å². The van der Waals surface area contributed by atoms with Gasteiger partial charge in [0.15, 0.2) is 0 Å². The molecule has 3 rings (SSSR count). The summed E-state index contributed by atoms with van der Waals surface area (Å²) in [5.41, 5.74) is 1.56. The van der Waals surface area contributed by atoms with Gasteiger partial charge in [0.2, 0.25) is 10.0 Å². The minimum Gasteiger partial charge on any atom is -0.210 e. The van der Waals surface area contributed by atoms with Crippen LogP contribution in [-0.2, 0) is 15.4 Å². The molecule has 0 atom stereocenters. The lowest BCUT2D eigenvalue weighted by Gasteiger charge is -2.16. The van der Waals surface area contributed by atoms with Crippen molar-refractivity contribution in [1.29, 1.82) is 5.26 Å². The number of nitrogens with zero attached hydrogens (tertiary/aromatic N) is 1. The van der Waals surface area contributed by atoms with Gasteiger partial charge < -0.3 is 0 Å². The molecule has 1 fully saturated rings. The monoisotopic (exact) mass is 312 g/mol. The molecule has 0 unspecified atom stereocenters. The fourth-order valence-corrected chi connectivity index (χ4v) is 3.66. The SMILES string of the molecule is N#Cc1ccc(S(=O)(=O)NCC2(c3ccccc3)CC2)cc1. The maximum atomic E-state index is 12.3. The van der Waals surface area contributed by atoms with Crippen molar-refractivity contribution < 1.29 is 8.42 Å². The van der Waals surface area contributed by atoms with Crippen LogP contribution in [0.15, 0.2) is 59.5 Å². The van der Waals surface area contributed by atoms with E-state index in [1.807, 2.05) is 36.4 Å². The zero-order valence-corrected chi connectivity index (χ0v) is 12.8. The van der Waals surface area contributed by atoms with Crippen LogP contribution < -0.4 is 4.72 Å². The second-order valence-corrected chi connectivity index (χ2v) is 7.37. The van der Waals surface area contributed by atoms with Gasteiger partial charge in [-0.2, -0.15) is 5.26 Å². The van der Waals surface area contributed by atoms with E-state index in [0.717, 1.165) is 12.8 Å². The van der Waals surface area contributed by atoms with Crippen LogP contribution >= 0.6 is 0 Å². The number of nitriles is 1. The molecule has 0 aromatic heterocycles. The van der Waals surface area contributed by atoms with E-state index >= 15 is 0 Å². The molecule has 1 aliphatic carbocycles. The van der Waals surface area contributed by atoms with Crippen LogP contribution in [0.2, 0.25) is 0 Å². The molecule has 1 saturated carbocycles. The summed E-state index contributed by atoms with van der Waals surface area (Å²) < 4.78 is 27.4. The number of hydrogen-bond donors (Lipinski definition) is 1. The largest absolute Gasteiger partial charge is 0.240 e. The average Bonchev–Trinajstić information content (AvgIpc) is 3.35. The number of hydrogen-bond acceptors (Lipinski definition) is 3. The first-order valence-electron chi connectivity index (χ1n) is 7.11. The van der Waals surface area contributed by atoms with Gasteiger partial charge in [0.25, 0.3) is 0 Å². The molecule has 4 nitrogen and oxygen atoms in total. The molecule has 0 radical (unpaired) electrons. The van der Waals surface area contributed by atoms with Crippen LogP contribution in [0.25, 0.3) is 0 Å². The first-order chi connectivity index (χ1) is 10.6. The minimum atomic E-state index is -3.55. The molecule has 0 spiro atoms. The summed E-state index contributed by atoms with van der Waals surface area (Å²) in [4.78, 5) is 0.190. The lowest BCUT2D eigenvalue weighted by Crippen LogP contribution is -2.32. The molecule has 1 aliphatic rings. The van der Waals surface area contributed by atoms with E-state index in [9.17, 15) is 8.42 Å². The van der Waals surface area contributed by atoms with Crippen molar-refractivity contribution in [3.8, 4) is 6.07 Å². The third-order valence-electron chi connectivity index (χ3n) is 4.13. The van der Waals surface area contributed by atoms with Gasteiger partial charge in [0.1, 0.15) is 0 Å². The van der Waals surface area contributed by atoms with Gasteiger partial charge in [-0.3, -0.25) is 0 Å². The maximum Gasteiger partial charge on any atom is 0.240 e. The Labute approximate surface area is 130 Å².